The summed E-state index contributed by atoms with van der Waals surface area (Å²) in [7, 11) is 1.68. The summed E-state index contributed by atoms with van der Waals surface area (Å²) in [4.78, 5) is 31.0. The van der Waals surface area contributed by atoms with Crippen molar-refractivity contribution in [3.05, 3.63) is 59.1 Å². The molecule has 7 heteroatoms. The highest BCUT2D eigenvalue weighted by atomic mass is 32.1. The molecule has 0 spiro atoms. The summed E-state index contributed by atoms with van der Waals surface area (Å²) in [5.41, 5.74) is 1.22. The summed E-state index contributed by atoms with van der Waals surface area (Å²) < 4.78 is 11.7. The van der Waals surface area contributed by atoms with Crippen LogP contribution >= 0.6 is 11.3 Å². The fourth-order valence-electron chi connectivity index (χ4n) is 2.67. The molecule has 1 atom stereocenters. The summed E-state index contributed by atoms with van der Waals surface area (Å²) in [5.74, 6) is -0.439. The summed E-state index contributed by atoms with van der Waals surface area (Å²) in [6.45, 7) is 3.84. The molecule has 1 aromatic heterocycles. The lowest BCUT2D eigenvalue weighted by atomic mass is 10.2. The molecule has 3 aromatic rings. The number of aromatic nitrogens is 1. The van der Waals surface area contributed by atoms with Crippen molar-refractivity contribution in [2.45, 2.75) is 19.9 Å². The number of thiazole rings is 1. The highest BCUT2D eigenvalue weighted by Crippen LogP contribution is 2.29. The van der Waals surface area contributed by atoms with Gasteiger partial charge in [-0.15, -0.1) is 11.3 Å². The smallest absolute Gasteiger partial charge is 0.342 e. The number of carbonyl (C=O) groups excluding carboxylic acids is 2. The van der Waals surface area contributed by atoms with Crippen LogP contribution in [0, 0.1) is 0 Å². The van der Waals surface area contributed by atoms with Crippen molar-refractivity contribution in [2.75, 3.05) is 20.3 Å². The van der Waals surface area contributed by atoms with Crippen LogP contribution in [0.25, 0.3) is 10.2 Å². The van der Waals surface area contributed by atoms with Crippen LogP contribution in [0.4, 0.5) is 0 Å². The number of hydrogen-bond acceptors (Lipinski definition) is 6. The Bertz CT molecular complexity index is 952. The predicted molar refractivity (Wildman–Crippen MR) is 109 cm³/mol. The van der Waals surface area contributed by atoms with E-state index in [-0.39, 0.29) is 18.6 Å². The number of nitrogens with zero attached hydrogens (tertiary/aromatic N) is 2. The highest BCUT2D eigenvalue weighted by molar-refractivity contribution is 7.18. The monoisotopic (exact) mass is 398 g/mol. The fourth-order valence-corrected chi connectivity index (χ4v) is 3.74. The molecule has 0 saturated heterocycles. The maximum absolute atomic E-state index is 12.5. The largest absolute Gasteiger partial charge is 0.493 e. The third kappa shape index (κ3) is 4.31. The van der Waals surface area contributed by atoms with E-state index in [1.807, 2.05) is 38.1 Å². The number of fused-ring (bicyclic) bond motifs is 1. The first-order valence-electron chi connectivity index (χ1n) is 9.01. The molecule has 0 aliphatic heterocycles. The number of hydrogen-bond donors (Lipinski definition) is 0. The Morgan fingerprint density at radius 2 is 1.86 bits per heavy atom. The predicted octanol–water partition coefficient (Wildman–Crippen LogP) is 4.07. The molecule has 6 nitrogen and oxygen atoms in total. The summed E-state index contributed by atoms with van der Waals surface area (Å²) in [6.07, 6.45) is 0. The first-order valence-corrected chi connectivity index (χ1v) is 9.83. The van der Waals surface area contributed by atoms with Crippen LogP contribution in [0.1, 0.15) is 35.3 Å². The molecule has 0 bridgehead atoms. The Balaban J connectivity index is 1.63. The summed E-state index contributed by atoms with van der Waals surface area (Å²) >= 11 is 1.55. The van der Waals surface area contributed by atoms with Crippen molar-refractivity contribution in [2.24, 2.45) is 0 Å². The molecule has 28 heavy (non-hydrogen) atoms. The van der Waals surface area contributed by atoms with Crippen molar-refractivity contribution in [1.82, 2.24) is 9.88 Å². The van der Waals surface area contributed by atoms with Crippen molar-refractivity contribution >= 4 is 33.4 Å². The lowest BCUT2D eigenvalue weighted by Crippen LogP contribution is -2.33. The fraction of sp³-hybridized carbons (Fsp3) is 0.286. The molecule has 146 valence electrons. The van der Waals surface area contributed by atoms with E-state index in [0.29, 0.717) is 17.9 Å². The van der Waals surface area contributed by atoms with Gasteiger partial charge in [-0.2, -0.15) is 0 Å². The van der Waals surface area contributed by atoms with Crippen LogP contribution in [-0.4, -0.2) is 42.0 Å². The molecule has 1 heterocycles. The van der Waals surface area contributed by atoms with Gasteiger partial charge >= 0.3 is 5.97 Å². The average Bonchev–Trinajstić information content (AvgIpc) is 3.15. The molecule has 0 radical (unpaired) electrons. The van der Waals surface area contributed by atoms with Gasteiger partial charge in [0, 0.05) is 7.05 Å². The van der Waals surface area contributed by atoms with E-state index in [2.05, 4.69) is 4.98 Å². The topological polar surface area (TPSA) is 68.7 Å². The number of rotatable bonds is 7. The number of esters is 1. The van der Waals surface area contributed by atoms with Gasteiger partial charge in [0.05, 0.1) is 22.9 Å². The zero-order valence-corrected chi connectivity index (χ0v) is 16.9. The third-order valence-corrected chi connectivity index (χ3v) is 5.58. The number of carbonyl (C=O) groups is 2. The molecular formula is C21H22N2O4S. The van der Waals surface area contributed by atoms with Crippen LogP contribution in [0.3, 0.4) is 0 Å². The quantitative estimate of drug-likeness (QED) is 0.561. The molecule has 1 amide bonds. The summed E-state index contributed by atoms with van der Waals surface area (Å²) in [6, 6.07) is 14.4. The lowest BCUT2D eigenvalue weighted by Gasteiger charge is -2.23. The van der Waals surface area contributed by atoms with Crippen LogP contribution < -0.4 is 4.74 Å². The zero-order valence-electron chi connectivity index (χ0n) is 16.0. The minimum absolute atomic E-state index is 0.223. The van der Waals surface area contributed by atoms with Crippen LogP contribution in [-0.2, 0) is 9.53 Å². The normalized spacial score (nSPS) is 11.8. The van der Waals surface area contributed by atoms with E-state index < -0.39 is 5.97 Å². The number of ether oxygens (including phenoxy) is 2. The minimum atomic E-state index is -0.585. The van der Waals surface area contributed by atoms with Gasteiger partial charge in [-0.1, -0.05) is 24.3 Å². The first-order chi connectivity index (χ1) is 13.5. The molecule has 2 aromatic carbocycles. The second kappa shape index (κ2) is 8.84. The van der Waals surface area contributed by atoms with Crippen LogP contribution in [0.5, 0.6) is 5.75 Å². The van der Waals surface area contributed by atoms with Gasteiger partial charge in [0.2, 0.25) is 0 Å². The van der Waals surface area contributed by atoms with Gasteiger partial charge in [0.15, 0.2) is 6.61 Å². The van der Waals surface area contributed by atoms with Crippen molar-refractivity contribution in [1.29, 1.82) is 0 Å². The van der Waals surface area contributed by atoms with Gasteiger partial charge in [-0.05, 0) is 38.1 Å². The lowest BCUT2D eigenvalue weighted by molar-refractivity contribution is -0.135. The molecule has 0 fully saturated rings. The highest BCUT2D eigenvalue weighted by Gasteiger charge is 2.22. The summed E-state index contributed by atoms with van der Waals surface area (Å²) in [5, 5.41) is 0.838. The van der Waals surface area contributed by atoms with E-state index in [4.69, 9.17) is 9.47 Å². The van der Waals surface area contributed by atoms with Crippen LogP contribution in [0.2, 0.25) is 0 Å². The number of para-hydroxylation sites is 2. The first kappa shape index (κ1) is 19.8. The van der Waals surface area contributed by atoms with E-state index in [1.54, 1.807) is 47.5 Å². The maximum atomic E-state index is 12.5. The van der Waals surface area contributed by atoms with Crippen LogP contribution in [0.15, 0.2) is 48.5 Å². The van der Waals surface area contributed by atoms with E-state index >= 15 is 0 Å². The van der Waals surface area contributed by atoms with Gasteiger partial charge in [-0.3, -0.25) is 4.79 Å². The molecular weight excluding hydrogens is 376 g/mol. The second-order valence-corrected chi connectivity index (χ2v) is 7.27. The third-order valence-electron chi connectivity index (χ3n) is 4.38. The van der Waals surface area contributed by atoms with E-state index in [0.717, 1.165) is 15.2 Å². The molecule has 0 aliphatic carbocycles. The Morgan fingerprint density at radius 1 is 1.14 bits per heavy atom. The van der Waals surface area contributed by atoms with Crippen molar-refractivity contribution in [3.8, 4) is 5.75 Å². The van der Waals surface area contributed by atoms with Gasteiger partial charge in [0.1, 0.15) is 16.3 Å². The van der Waals surface area contributed by atoms with Crippen molar-refractivity contribution < 1.29 is 19.1 Å². The second-order valence-electron chi connectivity index (χ2n) is 6.21. The molecule has 0 N–H and O–H groups in total. The maximum Gasteiger partial charge on any atom is 0.342 e. The SMILES string of the molecule is CCOc1ccccc1C(=O)OCC(=O)N(C)[C@H](C)c1nc2ccccc2s1. The van der Waals surface area contributed by atoms with Gasteiger partial charge in [-0.25, -0.2) is 9.78 Å². The van der Waals surface area contributed by atoms with E-state index in [9.17, 15) is 9.59 Å². The number of amides is 1. The standard InChI is InChI=1S/C21H22N2O4S/c1-4-26-17-11-7-5-9-15(17)21(25)27-13-19(24)23(3)14(2)20-22-16-10-6-8-12-18(16)28-20/h5-12,14H,4,13H2,1-3H3/t14-/m1/s1. The van der Waals surface area contributed by atoms with E-state index in [1.165, 1.54) is 0 Å². The Morgan fingerprint density at radius 3 is 2.61 bits per heavy atom. The minimum Gasteiger partial charge on any atom is -0.493 e. The zero-order chi connectivity index (χ0) is 20.1. The Labute approximate surface area is 167 Å². The van der Waals surface area contributed by atoms with Crippen molar-refractivity contribution in [3.63, 3.8) is 0 Å². The molecule has 0 aliphatic rings. The number of benzene rings is 2. The average molecular weight is 398 g/mol. The molecule has 0 saturated carbocycles. The molecule has 3 rings (SSSR count). The Hall–Kier alpha value is -2.93. The van der Waals surface area contributed by atoms with Gasteiger partial charge in [0.25, 0.3) is 5.91 Å². The Kier molecular flexibility index (Phi) is 6.26. The molecule has 0 unspecified atom stereocenters. The van der Waals surface area contributed by atoms with Gasteiger partial charge < -0.3 is 14.4 Å². The number of likely N-dealkylation sites (N-methyl/N-ethyl adjacent to an activating group) is 1.